The summed E-state index contributed by atoms with van der Waals surface area (Å²) in [6.45, 7) is 16.0. The first-order valence-corrected chi connectivity index (χ1v) is 21.8. The number of rotatable bonds is 5. The van der Waals surface area contributed by atoms with Crippen molar-refractivity contribution in [3.63, 3.8) is 0 Å². The van der Waals surface area contributed by atoms with Crippen molar-refractivity contribution in [2.24, 2.45) is 0 Å². The first-order valence-electron chi connectivity index (χ1n) is 20.9. The zero-order chi connectivity index (χ0) is 40.5. The normalized spacial score (nSPS) is 15.5. The fourth-order valence-electron chi connectivity index (χ4n) is 10.0. The van der Waals surface area contributed by atoms with Crippen molar-refractivity contribution in [1.29, 1.82) is 0 Å². The molecule has 0 radical (unpaired) electrons. The molecule has 0 unspecified atom stereocenters. The van der Waals surface area contributed by atoms with Crippen molar-refractivity contribution < 1.29 is 26.2 Å². The number of thiophene rings is 1. The minimum atomic E-state index is -0.00623. The van der Waals surface area contributed by atoms with E-state index in [1.807, 2.05) is 35.6 Å². The number of imidazole rings is 1. The van der Waals surface area contributed by atoms with Crippen molar-refractivity contribution >= 4 is 42.7 Å². The van der Waals surface area contributed by atoms with Gasteiger partial charge in [0.15, 0.2) is 0 Å². The third-order valence-electron chi connectivity index (χ3n) is 12.9. The summed E-state index contributed by atoms with van der Waals surface area (Å²) in [4.78, 5) is 10.6. The Morgan fingerprint density at radius 1 is 0.683 bits per heavy atom. The van der Waals surface area contributed by atoms with E-state index >= 15 is 0 Å². The van der Waals surface area contributed by atoms with Gasteiger partial charge in [-0.2, -0.15) is 11.3 Å². The first kappa shape index (κ1) is 38.8. The summed E-state index contributed by atoms with van der Waals surface area (Å²) < 4.78 is 4.68. The Hall–Kier alpha value is -5.35. The maximum atomic E-state index is 12.5. The van der Waals surface area contributed by atoms with Crippen molar-refractivity contribution in [2.45, 2.75) is 77.6 Å². The van der Waals surface area contributed by atoms with E-state index in [2.05, 4.69) is 156 Å². The van der Waals surface area contributed by atoms with Crippen LogP contribution < -0.4 is 0 Å². The second-order valence-corrected chi connectivity index (χ2v) is 19.2. The van der Waals surface area contributed by atoms with Gasteiger partial charge >= 0.3 is 0 Å². The van der Waals surface area contributed by atoms with Crippen LogP contribution >= 0.6 is 11.3 Å². The summed E-state index contributed by atoms with van der Waals surface area (Å²) >= 11 is 1.82. The number of benzene rings is 6. The fourth-order valence-corrected chi connectivity index (χ4v) is 11.2. The summed E-state index contributed by atoms with van der Waals surface area (Å²) in [5, 5.41) is 13.5. The zero-order valence-electron chi connectivity index (χ0n) is 34.9. The molecular formula is C54H46N3OPtS-. The van der Waals surface area contributed by atoms with Gasteiger partial charge in [-0.05, 0) is 91.2 Å². The van der Waals surface area contributed by atoms with E-state index in [1.54, 1.807) is 0 Å². The molecule has 6 aromatic carbocycles. The maximum Gasteiger partial charge on any atom is 0.149 e. The van der Waals surface area contributed by atoms with Crippen LogP contribution in [0, 0.1) is 6.07 Å². The van der Waals surface area contributed by atoms with Crippen molar-refractivity contribution in [3.8, 4) is 34.1 Å². The Labute approximate surface area is 370 Å². The number of aromatic nitrogens is 3. The number of nitrogens with zero attached hydrogens (tertiary/aromatic N) is 3. The van der Waals surface area contributed by atoms with Gasteiger partial charge < -0.3 is 5.11 Å². The summed E-state index contributed by atoms with van der Waals surface area (Å²) in [6, 6.07) is 47.2. The number of para-hydroxylation sites is 3. The van der Waals surface area contributed by atoms with Gasteiger partial charge in [-0.15, -0.1) is 23.1 Å². The van der Waals surface area contributed by atoms with Gasteiger partial charge in [-0.1, -0.05) is 139 Å². The van der Waals surface area contributed by atoms with Gasteiger partial charge in [0.1, 0.15) is 11.6 Å². The predicted molar refractivity (Wildman–Crippen MR) is 245 cm³/mol. The van der Waals surface area contributed by atoms with Gasteiger partial charge in [0.05, 0.1) is 28.0 Å². The van der Waals surface area contributed by atoms with E-state index in [-0.39, 0.29) is 55.9 Å². The molecule has 9 aromatic rings. The largest absolute Gasteiger partial charge is 0.506 e. The Morgan fingerprint density at radius 2 is 1.28 bits per heavy atom. The standard InChI is InChI=1S/C54H46N3OS.Pt/c1-29(2)40-27-31(54(5,6)7)28-41(30(3)4)50(40)57-44-22-13-12-21-43(44)56-53(57)39-20-14-19-36(51(39)58)42-25-26-45-49(55-42)38-24-23-37-46-32-15-8-10-17-34(32)47(48(37)52(38)59-45)35-18-11-9-16-33(35)46;/h8-23,25-30,46-47,58H,1-7H3;/q-1;. The Bertz CT molecular complexity index is 3120. The van der Waals surface area contributed by atoms with Crippen LogP contribution in [0.3, 0.4) is 0 Å². The number of hydrogen-bond acceptors (Lipinski definition) is 4. The molecule has 0 atom stereocenters. The van der Waals surface area contributed by atoms with Crippen LogP contribution in [-0.2, 0) is 26.5 Å². The first-order chi connectivity index (χ1) is 28.5. The molecule has 300 valence electrons. The van der Waals surface area contributed by atoms with E-state index < -0.39 is 0 Å². The van der Waals surface area contributed by atoms with Crippen LogP contribution in [0.5, 0.6) is 5.75 Å². The Kier molecular flexibility index (Phi) is 9.13. The smallest absolute Gasteiger partial charge is 0.149 e. The average molecular weight is 980 g/mol. The van der Waals surface area contributed by atoms with Crippen LogP contribution in [0.15, 0.2) is 121 Å². The van der Waals surface area contributed by atoms with E-state index in [0.717, 1.165) is 43.8 Å². The molecule has 3 aromatic heterocycles. The third-order valence-corrected chi connectivity index (χ3v) is 14.1. The van der Waals surface area contributed by atoms with Crippen molar-refractivity contribution in [1.82, 2.24) is 14.5 Å². The monoisotopic (exact) mass is 979 g/mol. The van der Waals surface area contributed by atoms with Gasteiger partial charge in [0.2, 0.25) is 0 Å². The van der Waals surface area contributed by atoms with Gasteiger partial charge in [-0.3, -0.25) is 9.55 Å². The van der Waals surface area contributed by atoms with Crippen LogP contribution in [0.1, 0.15) is 122 Å². The minimum absolute atomic E-state index is 0. The number of phenols is 1. The number of fused-ring (bicyclic) bond motifs is 4. The molecule has 4 nitrogen and oxygen atoms in total. The molecule has 3 aliphatic rings. The molecule has 2 bridgehead atoms. The molecule has 3 heterocycles. The Morgan fingerprint density at radius 3 is 1.92 bits per heavy atom. The second kappa shape index (κ2) is 14.1. The van der Waals surface area contributed by atoms with Gasteiger partial charge in [0, 0.05) is 48.7 Å². The average Bonchev–Trinajstić information content (AvgIpc) is 3.81. The number of hydrogen-bond donors (Lipinski definition) is 1. The van der Waals surface area contributed by atoms with Crippen LogP contribution in [0.2, 0.25) is 0 Å². The molecule has 0 aliphatic heterocycles. The van der Waals surface area contributed by atoms with Crippen LogP contribution in [-0.4, -0.2) is 19.6 Å². The molecule has 1 N–H and O–H groups in total. The molecule has 0 spiro atoms. The molecular weight excluding hydrogens is 934 g/mol. The van der Waals surface area contributed by atoms with Crippen molar-refractivity contribution in [2.75, 3.05) is 0 Å². The SMILES string of the molecule is CC(C)c1cc(C(C)(C)C)cc(C(C)C)c1-n1c(-c2cccc(-c3ccc4sc5c6c(c[c-]c5c4n3)C3c4ccccc4C6c4ccccc43)c2O)nc2ccccc21.[Pt]. The number of pyridine rings is 1. The fraction of sp³-hybridized carbons (Fsp3) is 0.222. The molecule has 6 heteroatoms. The van der Waals surface area contributed by atoms with Crippen LogP contribution in [0.25, 0.3) is 59.7 Å². The molecule has 0 saturated carbocycles. The molecule has 60 heavy (non-hydrogen) atoms. The molecule has 12 rings (SSSR count). The van der Waals surface area contributed by atoms with E-state index in [1.165, 1.54) is 54.8 Å². The predicted octanol–water partition coefficient (Wildman–Crippen LogP) is 14.2. The molecule has 3 aliphatic carbocycles. The van der Waals surface area contributed by atoms with E-state index in [4.69, 9.17) is 9.97 Å². The second-order valence-electron chi connectivity index (χ2n) is 18.2. The van der Waals surface area contributed by atoms with Crippen LogP contribution in [0.4, 0.5) is 0 Å². The zero-order valence-corrected chi connectivity index (χ0v) is 38.0. The van der Waals surface area contributed by atoms with E-state index in [0.29, 0.717) is 11.1 Å². The summed E-state index contributed by atoms with van der Waals surface area (Å²) in [5.74, 6) is 1.78. The topological polar surface area (TPSA) is 50.9 Å². The molecule has 0 saturated heterocycles. The summed E-state index contributed by atoms with van der Waals surface area (Å²) in [5.41, 5.74) is 18.3. The molecule has 0 fully saturated rings. The maximum absolute atomic E-state index is 12.5. The third kappa shape index (κ3) is 5.65. The quantitative estimate of drug-likeness (QED) is 0.175. The summed E-state index contributed by atoms with van der Waals surface area (Å²) in [7, 11) is 0. The summed E-state index contributed by atoms with van der Waals surface area (Å²) in [6.07, 6.45) is 0. The Balaban J connectivity index is 0.00000433. The van der Waals surface area contributed by atoms with Crippen molar-refractivity contribution in [3.05, 3.63) is 177 Å². The van der Waals surface area contributed by atoms with Gasteiger partial charge in [0.25, 0.3) is 0 Å². The van der Waals surface area contributed by atoms with Gasteiger partial charge in [-0.25, -0.2) is 4.98 Å². The number of aromatic hydroxyl groups is 1. The number of phenolic OH excluding ortho intramolecular Hbond substituents is 1. The minimum Gasteiger partial charge on any atom is -0.506 e. The van der Waals surface area contributed by atoms with E-state index in [9.17, 15) is 5.11 Å². The molecule has 0 amide bonds.